The van der Waals surface area contributed by atoms with Crippen LogP contribution in [0.15, 0.2) is 69.0 Å². The van der Waals surface area contributed by atoms with Crippen molar-refractivity contribution >= 4 is 63.6 Å². The summed E-state index contributed by atoms with van der Waals surface area (Å²) in [5.41, 5.74) is 7.20. The first-order valence-corrected chi connectivity index (χ1v) is 26.4. The standard InChI is InChI=1S/C16H20N2O4S.C15H18N2O4S.C14H16N2O4S/c17-23(20,21)22-11-8-9-13-12-6-4-2-1-3-5-7-14(12)16(19)18-15(13)10-11;16-22(19,20)21-10-7-8-12-11-5-3-1-2-4-6-13(11)15(18)17-14(12)9-10;15-21(18,19)20-9-6-7-11-10-4-2-1-3-5-12(10)14(17)16-13(11)8-9/h8-10H,1-7H2,(H,18,19)(H2,17,20,21);7-9H,1-6H2,(H,17,18)(H2,16,19,20);6-8H,1-5H2,(H,16,17)(H2,15,18,19). The van der Waals surface area contributed by atoms with Crippen molar-refractivity contribution in [3.8, 4) is 17.2 Å². The van der Waals surface area contributed by atoms with Crippen LogP contribution in [0.3, 0.4) is 0 Å². The molecule has 3 aliphatic rings. The number of fused-ring (bicyclic) bond motifs is 9. The Labute approximate surface area is 382 Å². The van der Waals surface area contributed by atoms with Gasteiger partial charge in [-0.25, -0.2) is 0 Å². The Morgan fingerprint density at radius 3 is 0.833 bits per heavy atom. The van der Waals surface area contributed by atoms with E-state index in [0.717, 1.165) is 146 Å². The summed E-state index contributed by atoms with van der Waals surface area (Å²) >= 11 is 0. The Morgan fingerprint density at radius 2 is 0.576 bits per heavy atom. The monoisotopic (exact) mass is 966 g/mol. The molecular formula is C45H54N6O12S3. The highest BCUT2D eigenvalue weighted by Gasteiger charge is 2.19. The Kier molecular flexibility index (Phi) is 15.0. The fourth-order valence-electron chi connectivity index (χ4n) is 9.24. The first-order chi connectivity index (χ1) is 31.3. The quantitative estimate of drug-likeness (QED) is 0.116. The van der Waals surface area contributed by atoms with E-state index in [4.69, 9.17) is 15.4 Å². The zero-order chi connectivity index (χ0) is 47.2. The van der Waals surface area contributed by atoms with Crippen LogP contribution in [0.1, 0.15) is 110 Å². The Bertz CT molecular complexity index is 3310. The summed E-state index contributed by atoms with van der Waals surface area (Å²) < 4.78 is 80.0. The summed E-state index contributed by atoms with van der Waals surface area (Å²) in [5, 5.41) is 17.4. The van der Waals surface area contributed by atoms with Gasteiger partial charge >= 0.3 is 30.9 Å². The molecule has 6 aromatic rings. The molecule has 0 unspecified atom stereocenters. The molecule has 9 N–H and O–H groups in total. The van der Waals surface area contributed by atoms with Gasteiger partial charge in [0.15, 0.2) is 0 Å². The molecule has 0 amide bonds. The summed E-state index contributed by atoms with van der Waals surface area (Å²) in [6, 6.07) is 14.5. The van der Waals surface area contributed by atoms with E-state index in [1.807, 2.05) is 0 Å². The summed E-state index contributed by atoms with van der Waals surface area (Å²) in [7, 11) is -12.2. The van der Waals surface area contributed by atoms with E-state index in [9.17, 15) is 39.6 Å². The summed E-state index contributed by atoms with van der Waals surface area (Å²) in [6.45, 7) is 0. The molecular weight excluding hydrogens is 913 g/mol. The van der Waals surface area contributed by atoms with Gasteiger partial charge in [0.2, 0.25) is 0 Å². The maximum Gasteiger partial charge on any atom is 0.380 e. The van der Waals surface area contributed by atoms with Crippen LogP contribution < -0.4 is 44.6 Å². The van der Waals surface area contributed by atoms with Gasteiger partial charge in [-0.15, -0.1) is 0 Å². The lowest BCUT2D eigenvalue weighted by Gasteiger charge is -2.15. The molecule has 3 aromatic heterocycles. The number of hydrogen-bond acceptors (Lipinski definition) is 12. The third kappa shape index (κ3) is 12.6. The minimum Gasteiger partial charge on any atom is -0.371 e. The fourth-order valence-corrected chi connectivity index (χ4v) is 10.4. The number of hydrogen-bond donors (Lipinski definition) is 6. The molecule has 21 heteroatoms. The molecule has 0 bridgehead atoms. The van der Waals surface area contributed by atoms with E-state index in [0.29, 0.717) is 16.6 Å². The van der Waals surface area contributed by atoms with Gasteiger partial charge in [0.25, 0.3) is 16.7 Å². The second-order valence-electron chi connectivity index (χ2n) is 16.8. The molecule has 3 heterocycles. The number of pyridine rings is 3. The summed E-state index contributed by atoms with van der Waals surface area (Å²) in [4.78, 5) is 45.4. The van der Waals surface area contributed by atoms with E-state index in [1.165, 1.54) is 37.5 Å². The van der Waals surface area contributed by atoms with Crippen LogP contribution >= 0.6 is 0 Å². The van der Waals surface area contributed by atoms with Gasteiger partial charge in [-0.3, -0.25) is 14.4 Å². The second kappa shape index (κ2) is 20.5. The van der Waals surface area contributed by atoms with Crippen LogP contribution in [-0.2, 0) is 69.4 Å². The molecule has 0 spiro atoms. The number of nitrogens with one attached hydrogen (secondary N) is 3. The van der Waals surface area contributed by atoms with Crippen molar-refractivity contribution in [1.82, 2.24) is 15.0 Å². The zero-order valence-corrected chi connectivity index (χ0v) is 38.7. The third-order valence-corrected chi connectivity index (χ3v) is 13.3. The smallest absolute Gasteiger partial charge is 0.371 e. The van der Waals surface area contributed by atoms with Gasteiger partial charge in [0, 0.05) is 51.0 Å². The number of H-pyrrole nitrogens is 3. The van der Waals surface area contributed by atoms with E-state index in [1.54, 1.807) is 36.4 Å². The van der Waals surface area contributed by atoms with Crippen LogP contribution in [-0.4, -0.2) is 40.2 Å². The first-order valence-electron chi connectivity index (χ1n) is 22.0. The number of rotatable bonds is 6. The number of benzene rings is 3. The molecule has 0 fully saturated rings. The average molecular weight is 967 g/mol. The van der Waals surface area contributed by atoms with E-state index < -0.39 is 30.9 Å². The van der Waals surface area contributed by atoms with Crippen LogP contribution in [0.4, 0.5) is 0 Å². The highest BCUT2D eigenvalue weighted by atomic mass is 32.2. The topological polar surface area (TPSA) is 307 Å². The zero-order valence-electron chi connectivity index (χ0n) is 36.3. The molecule has 9 rings (SSSR count). The fraction of sp³-hybridized carbons (Fsp3) is 0.400. The molecule has 0 aliphatic heterocycles. The average Bonchev–Trinajstić information content (AvgIpc) is 3.39. The van der Waals surface area contributed by atoms with Crippen molar-refractivity contribution in [3.63, 3.8) is 0 Å². The molecule has 0 saturated heterocycles. The van der Waals surface area contributed by atoms with Crippen LogP contribution in [0.2, 0.25) is 0 Å². The van der Waals surface area contributed by atoms with Gasteiger partial charge in [-0.05, 0) is 130 Å². The van der Waals surface area contributed by atoms with Gasteiger partial charge in [0.1, 0.15) is 17.2 Å². The van der Waals surface area contributed by atoms with Crippen molar-refractivity contribution in [1.29, 1.82) is 0 Å². The molecule has 354 valence electrons. The first kappa shape index (κ1) is 48.4. The van der Waals surface area contributed by atoms with Gasteiger partial charge in [-0.2, -0.15) is 40.7 Å². The summed E-state index contributed by atoms with van der Waals surface area (Å²) in [6.07, 6.45) is 18.2. The van der Waals surface area contributed by atoms with Crippen molar-refractivity contribution in [3.05, 3.63) is 119 Å². The van der Waals surface area contributed by atoms with Crippen LogP contribution in [0.5, 0.6) is 17.2 Å². The largest absolute Gasteiger partial charge is 0.380 e. The predicted molar refractivity (Wildman–Crippen MR) is 253 cm³/mol. The minimum atomic E-state index is -4.08. The lowest BCUT2D eigenvalue weighted by molar-refractivity contribution is 0.486. The molecule has 0 atom stereocenters. The number of aromatic nitrogens is 3. The Morgan fingerprint density at radius 1 is 0.348 bits per heavy atom. The SMILES string of the molecule is NS(=O)(=O)Oc1ccc2c3c(c(=O)[nH]c2c1)CCCCC3.NS(=O)(=O)Oc1ccc2c3c(c(=O)[nH]c2c1)CCCCCC3.NS(=O)(=O)Oc1ccc2c3c(c(=O)[nH]c2c1)CCCCCCC3. The van der Waals surface area contributed by atoms with Gasteiger partial charge in [0.05, 0.1) is 16.6 Å². The van der Waals surface area contributed by atoms with Crippen LogP contribution in [0.25, 0.3) is 32.7 Å². The van der Waals surface area contributed by atoms with E-state index in [2.05, 4.69) is 27.5 Å². The highest BCUT2D eigenvalue weighted by molar-refractivity contribution is 7.85. The van der Waals surface area contributed by atoms with Gasteiger partial charge < -0.3 is 27.5 Å². The van der Waals surface area contributed by atoms with Gasteiger partial charge in [-0.1, -0.05) is 38.5 Å². The Balaban J connectivity index is 0.000000147. The third-order valence-electron chi connectivity index (χ3n) is 12.1. The summed E-state index contributed by atoms with van der Waals surface area (Å²) in [5.74, 6) is 0.282. The lowest BCUT2D eigenvalue weighted by Crippen LogP contribution is -2.19. The van der Waals surface area contributed by atoms with Crippen LogP contribution in [0, 0.1) is 0 Å². The van der Waals surface area contributed by atoms with Crippen molar-refractivity contribution in [2.45, 2.75) is 116 Å². The predicted octanol–water partition coefficient (Wildman–Crippen LogP) is 5.31. The Hall–Kier alpha value is -5.58. The number of aromatic amines is 3. The molecule has 0 saturated carbocycles. The molecule has 0 radical (unpaired) electrons. The maximum absolute atomic E-state index is 12.4. The van der Waals surface area contributed by atoms with Crippen molar-refractivity contribution in [2.75, 3.05) is 0 Å². The molecule has 3 aliphatic carbocycles. The van der Waals surface area contributed by atoms with E-state index >= 15 is 0 Å². The minimum absolute atomic E-state index is 0.0919. The normalized spacial score (nSPS) is 15.9. The van der Waals surface area contributed by atoms with E-state index in [-0.39, 0.29) is 33.9 Å². The molecule has 66 heavy (non-hydrogen) atoms. The molecule has 3 aromatic carbocycles. The number of aryl methyl sites for hydroxylation is 3. The lowest BCUT2D eigenvalue weighted by atomic mass is 9.91. The second-order valence-corrected chi connectivity index (χ2v) is 20.3. The number of nitrogens with two attached hydrogens (primary N) is 3. The highest BCUT2D eigenvalue weighted by Crippen LogP contribution is 2.30. The molecule has 18 nitrogen and oxygen atoms in total. The van der Waals surface area contributed by atoms with Crippen molar-refractivity contribution in [2.24, 2.45) is 15.4 Å². The maximum atomic E-state index is 12.4. The van der Waals surface area contributed by atoms with Crippen molar-refractivity contribution < 1.29 is 37.8 Å².